The second-order valence-electron chi connectivity index (χ2n) is 5.03. The lowest BCUT2D eigenvalue weighted by molar-refractivity contribution is 0.102. The number of fused-ring (bicyclic) bond motifs is 2. The van der Waals surface area contributed by atoms with Crippen LogP contribution in [0.4, 0.5) is 5.13 Å². The van der Waals surface area contributed by atoms with Gasteiger partial charge in [-0.05, 0) is 47.1 Å². The predicted molar refractivity (Wildman–Crippen MR) is 95.2 cm³/mol. The van der Waals surface area contributed by atoms with E-state index in [1.54, 1.807) is 4.40 Å². The van der Waals surface area contributed by atoms with Gasteiger partial charge in [0.1, 0.15) is 11.3 Å². The lowest BCUT2D eigenvalue weighted by atomic mass is 10.3. The van der Waals surface area contributed by atoms with Crippen LogP contribution in [-0.4, -0.2) is 20.3 Å². The average molecular weight is 387 g/mol. The van der Waals surface area contributed by atoms with Crippen LogP contribution >= 0.6 is 27.3 Å². The van der Waals surface area contributed by atoms with Crippen molar-refractivity contribution < 1.29 is 4.79 Å². The maximum Gasteiger partial charge on any atom is 0.276 e. The molecule has 0 fully saturated rings. The number of para-hydroxylation sites is 1. The molecule has 0 saturated carbocycles. The molecule has 1 N–H and O–H groups in total. The molecule has 0 saturated heterocycles. The molecule has 1 amide bonds. The fraction of sp³-hybridized carbons (Fsp3) is 0.0625. The molecule has 4 aromatic rings. The van der Waals surface area contributed by atoms with Gasteiger partial charge in [-0.3, -0.25) is 14.5 Å². The third kappa shape index (κ3) is 2.42. The van der Waals surface area contributed by atoms with Crippen molar-refractivity contribution in [2.75, 3.05) is 5.32 Å². The minimum Gasteiger partial charge on any atom is -0.296 e. The van der Waals surface area contributed by atoms with Gasteiger partial charge in [-0.25, -0.2) is 9.97 Å². The number of aryl methyl sites for hydroxylation is 1. The zero-order chi connectivity index (χ0) is 16.0. The summed E-state index contributed by atoms with van der Waals surface area (Å²) in [5.74, 6) is -0.212. The van der Waals surface area contributed by atoms with E-state index in [4.69, 9.17) is 0 Å². The number of nitrogens with zero attached hydrogens (tertiary/aromatic N) is 3. The molecular weight excluding hydrogens is 376 g/mol. The topological polar surface area (TPSA) is 59.3 Å². The Morgan fingerprint density at radius 2 is 2.09 bits per heavy atom. The monoisotopic (exact) mass is 386 g/mol. The Labute approximate surface area is 144 Å². The van der Waals surface area contributed by atoms with Gasteiger partial charge in [-0.1, -0.05) is 23.5 Å². The van der Waals surface area contributed by atoms with Crippen LogP contribution in [0.2, 0.25) is 0 Å². The number of carbonyl (C=O) groups is 1. The number of anilines is 1. The Balaban J connectivity index is 1.73. The largest absolute Gasteiger partial charge is 0.296 e. The lowest BCUT2D eigenvalue weighted by Crippen LogP contribution is -2.15. The summed E-state index contributed by atoms with van der Waals surface area (Å²) >= 11 is 4.92. The summed E-state index contributed by atoms with van der Waals surface area (Å²) in [6.07, 6.45) is 1.83. The first-order valence-corrected chi connectivity index (χ1v) is 8.54. The maximum atomic E-state index is 12.7. The molecule has 0 aliphatic rings. The smallest absolute Gasteiger partial charge is 0.276 e. The molecule has 23 heavy (non-hydrogen) atoms. The first kappa shape index (κ1) is 14.3. The van der Waals surface area contributed by atoms with Crippen LogP contribution in [0.5, 0.6) is 0 Å². The van der Waals surface area contributed by atoms with E-state index in [-0.39, 0.29) is 5.91 Å². The van der Waals surface area contributed by atoms with Crippen molar-refractivity contribution in [3.63, 3.8) is 0 Å². The van der Waals surface area contributed by atoms with Crippen LogP contribution in [-0.2, 0) is 0 Å². The minimum atomic E-state index is -0.212. The molecular formula is C16H11BrN4OS. The summed E-state index contributed by atoms with van der Waals surface area (Å²) in [6.45, 7) is 1.83. The molecule has 3 aromatic heterocycles. The molecule has 0 bridgehead atoms. The van der Waals surface area contributed by atoms with Gasteiger partial charge in [0.05, 0.1) is 15.9 Å². The molecule has 4 rings (SSSR count). The second kappa shape index (κ2) is 5.43. The van der Waals surface area contributed by atoms with Crippen molar-refractivity contribution in [1.82, 2.24) is 14.4 Å². The molecule has 3 heterocycles. The Kier molecular flexibility index (Phi) is 3.39. The number of thiazole rings is 1. The van der Waals surface area contributed by atoms with E-state index in [0.717, 1.165) is 20.3 Å². The number of nitrogens with one attached hydrogen (secondary N) is 1. The van der Waals surface area contributed by atoms with Crippen LogP contribution in [0, 0.1) is 6.92 Å². The number of imidazole rings is 1. The number of benzene rings is 1. The van der Waals surface area contributed by atoms with Gasteiger partial charge in [0.2, 0.25) is 0 Å². The maximum absolute atomic E-state index is 12.7. The van der Waals surface area contributed by atoms with E-state index in [2.05, 4.69) is 31.2 Å². The quantitative estimate of drug-likeness (QED) is 0.559. The van der Waals surface area contributed by atoms with E-state index in [1.165, 1.54) is 11.3 Å². The van der Waals surface area contributed by atoms with E-state index >= 15 is 0 Å². The first-order valence-electron chi connectivity index (χ1n) is 6.93. The standard InChI is InChI=1S/C16H11BrN4OS/c1-9-14(21-8-3-2-7-12(21)18-9)15(22)20-16-19-13-10(17)5-4-6-11(13)23-16/h2-8H,1H3,(H,19,20,22). The van der Waals surface area contributed by atoms with Gasteiger partial charge in [0, 0.05) is 10.7 Å². The number of rotatable bonds is 2. The van der Waals surface area contributed by atoms with Crippen LogP contribution in [0.15, 0.2) is 47.1 Å². The SMILES string of the molecule is Cc1nc2ccccn2c1C(=O)Nc1nc2c(Br)cccc2s1. The highest BCUT2D eigenvalue weighted by atomic mass is 79.9. The Hall–Kier alpha value is -2.25. The number of hydrogen-bond acceptors (Lipinski definition) is 4. The number of pyridine rings is 1. The normalized spacial score (nSPS) is 11.2. The molecule has 5 nitrogen and oxygen atoms in total. The van der Waals surface area contributed by atoms with E-state index in [0.29, 0.717) is 16.5 Å². The van der Waals surface area contributed by atoms with E-state index in [1.807, 2.05) is 49.5 Å². The first-order chi connectivity index (χ1) is 11.1. The molecule has 0 aliphatic heterocycles. The van der Waals surface area contributed by atoms with Gasteiger partial charge in [-0.15, -0.1) is 0 Å². The zero-order valence-corrected chi connectivity index (χ0v) is 14.5. The summed E-state index contributed by atoms with van der Waals surface area (Å²) in [4.78, 5) is 21.5. The van der Waals surface area contributed by atoms with Gasteiger partial charge >= 0.3 is 0 Å². The van der Waals surface area contributed by atoms with Gasteiger partial charge < -0.3 is 0 Å². The van der Waals surface area contributed by atoms with Crippen LogP contribution < -0.4 is 5.32 Å². The third-order valence-electron chi connectivity index (χ3n) is 3.51. The summed E-state index contributed by atoms with van der Waals surface area (Å²) in [5.41, 5.74) is 2.82. The molecule has 114 valence electrons. The van der Waals surface area contributed by atoms with Crippen LogP contribution in [0.1, 0.15) is 16.2 Å². The molecule has 0 radical (unpaired) electrons. The highest BCUT2D eigenvalue weighted by molar-refractivity contribution is 9.10. The number of hydrogen-bond donors (Lipinski definition) is 1. The van der Waals surface area contributed by atoms with Crippen LogP contribution in [0.3, 0.4) is 0 Å². The van der Waals surface area contributed by atoms with Gasteiger partial charge in [0.15, 0.2) is 5.13 Å². The second-order valence-corrected chi connectivity index (χ2v) is 6.92. The van der Waals surface area contributed by atoms with E-state index < -0.39 is 0 Å². The van der Waals surface area contributed by atoms with Gasteiger partial charge in [0.25, 0.3) is 5.91 Å². The number of carbonyl (C=O) groups excluding carboxylic acids is 1. The number of aromatic nitrogens is 3. The summed E-state index contributed by atoms with van der Waals surface area (Å²) in [6, 6.07) is 11.5. The fourth-order valence-electron chi connectivity index (χ4n) is 2.51. The van der Waals surface area contributed by atoms with Crippen molar-refractivity contribution in [2.45, 2.75) is 6.92 Å². The molecule has 0 unspecified atom stereocenters. The molecule has 7 heteroatoms. The number of amides is 1. The average Bonchev–Trinajstić information content (AvgIpc) is 3.07. The van der Waals surface area contributed by atoms with Crippen LogP contribution in [0.25, 0.3) is 15.9 Å². The summed E-state index contributed by atoms with van der Waals surface area (Å²) in [7, 11) is 0. The highest BCUT2D eigenvalue weighted by Crippen LogP contribution is 2.31. The van der Waals surface area contributed by atoms with Crippen molar-refractivity contribution in [3.8, 4) is 0 Å². The highest BCUT2D eigenvalue weighted by Gasteiger charge is 2.18. The Morgan fingerprint density at radius 1 is 1.22 bits per heavy atom. The fourth-order valence-corrected chi connectivity index (χ4v) is 3.99. The Morgan fingerprint density at radius 3 is 2.91 bits per heavy atom. The zero-order valence-electron chi connectivity index (χ0n) is 12.1. The van der Waals surface area contributed by atoms with Crippen molar-refractivity contribution >= 4 is 54.2 Å². The number of halogens is 1. The third-order valence-corrected chi connectivity index (χ3v) is 5.09. The Bertz CT molecular complexity index is 1050. The van der Waals surface area contributed by atoms with Crippen molar-refractivity contribution in [2.24, 2.45) is 0 Å². The molecule has 0 spiro atoms. The minimum absolute atomic E-state index is 0.212. The lowest BCUT2D eigenvalue weighted by Gasteiger charge is -2.02. The van der Waals surface area contributed by atoms with Crippen molar-refractivity contribution in [1.29, 1.82) is 0 Å². The molecule has 1 aromatic carbocycles. The molecule has 0 aliphatic carbocycles. The predicted octanol–water partition coefficient (Wildman–Crippen LogP) is 4.27. The van der Waals surface area contributed by atoms with Crippen molar-refractivity contribution in [3.05, 3.63) is 58.5 Å². The summed E-state index contributed by atoms with van der Waals surface area (Å²) < 4.78 is 3.72. The summed E-state index contributed by atoms with van der Waals surface area (Å²) in [5, 5.41) is 3.45. The van der Waals surface area contributed by atoms with E-state index in [9.17, 15) is 4.79 Å². The molecule has 0 atom stereocenters. The van der Waals surface area contributed by atoms with Gasteiger partial charge in [-0.2, -0.15) is 0 Å².